The standard InChI is InChI=1S/C9H14O2/c1-8(10)11-9(2)6-4-3-5-7-9/h4,6H,3,5,7H2,1-2H3. The Morgan fingerprint density at radius 3 is 2.82 bits per heavy atom. The van der Waals surface area contributed by atoms with Crippen molar-refractivity contribution in [3.05, 3.63) is 12.2 Å². The van der Waals surface area contributed by atoms with E-state index < -0.39 is 0 Å². The first-order valence-corrected chi connectivity index (χ1v) is 4.00. The lowest BCUT2D eigenvalue weighted by molar-refractivity contribution is -0.151. The molecule has 0 N–H and O–H groups in total. The maximum Gasteiger partial charge on any atom is 0.303 e. The monoisotopic (exact) mass is 154 g/mol. The highest BCUT2D eigenvalue weighted by atomic mass is 16.6. The molecule has 0 aromatic heterocycles. The zero-order chi connectivity index (χ0) is 8.32. The third-order valence-electron chi connectivity index (χ3n) is 1.89. The SMILES string of the molecule is CC(=O)OC1(C)C=CCCC1. The summed E-state index contributed by atoms with van der Waals surface area (Å²) in [5.74, 6) is -0.195. The molecule has 0 aromatic rings. The van der Waals surface area contributed by atoms with Gasteiger partial charge in [-0.05, 0) is 32.3 Å². The van der Waals surface area contributed by atoms with Crippen LogP contribution in [-0.4, -0.2) is 11.6 Å². The molecular weight excluding hydrogens is 140 g/mol. The Morgan fingerprint density at radius 1 is 1.64 bits per heavy atom. The predicted molar refractivity (Wildman–Crippen MR) is 43.2 cm³/mol. The van der Waals surface area contributed by atoms with Crippen molar-refractivity contribution in [3.8, 4) is 0 Å². The fraction of sp³-hybridized carbons (Fsp3) is 0.667. The van der Waals surface area contributed by atoms with Gasteiger partial charge in [0.25, 0.3) is 0 Å². The average Bonchev–Trinajstić information content (AvgIpc) is 1.85. The Morgan fingerprint density at radius 2 is 2.36 bits per heavy atom. The van der Waals surface area contributed by atoms with E-state index in [1.165, 1.54) is 6.92 Å². The molecule has 0 radical (unpaired) electrons. The topological polar surface area (TPSA) is 26.3 Å². The van der Waals surface area contributed by atoms with E-state index in [2.05, 4.69) is 6.08 Å². The molecule has 2 heteroatoms. The lowest BCUT2D eigenvalue weighted by atomic mass is 9.93. The predicted octanol–water partition coefficient (Wildman–Crippen LogP) is 2.05. The number of carbonyl (C=O) groups excluding carboxylic acids is 1. The Hall–Kier alpha value is -0.790. The minimum atomic E-state index is -0.329. The second kappa shape index (κ2) is 3.07. The second-order valence-electron chi connectivity index (χ2n) is 3.20. The van der Waals surface area contributed by atoms with E-state index in [4.69, 9.17) is 4.74 Å². The van der Waals surface area contributed by atoms with Crippen LogP contribution in [0.3, 0.4) is 0 Å². The zero-order valence-electron chi connectivity index (χ0n) is 7.09. The van der Waals surface area contributed by atoms with Gasteiger partial charge in [0, 0.05) is 6.92 Å². The summed E-state index contributed by atoms with van der Waals surface area (Å²) in [5, 5.41) is 0. The lowest BCUT2D eigenvalue weighted by Gasteiger charge is -2.28. The van der Waals surface area contributed by atoms with Gasteiger partial charge in [0.2, 0.25) is 0 Å². The van der Waals surface area contributed by atoms with Crippen molar-refractivity contribution in [2.45, 2.75) is 38.7 Å². The van der Waals surface area contributed by atoms with Crippen LogP contribution in [0.5, 0.6) is 0 Å². The third kappa shape index (κ3) is 2.37. The molecular formula is C9H14O2. The maximum atomic E-state index is 10.7. The molecule has 0 bridgehead atoms. The summed E-state index contributed by atoms with van der Waals surface area (Å²) in [5.41, 5.74) is -0.329. The van der Waals surface area contributed by atoms with Gasteiger partial charge in [-0.25, -0.2) is 0 Å². The van der Waals surface area contributed by atoms with Gasteiger partial charge in [0.1, 0.15) is 5.60 Å². The fourth-order valence-corrected chi connectivity index (χ4v) is 1.40. The molecule has 0 fully saturated rings. The number of hydrogen-bond acceptors (Lipinski definition) is 2. The third-order valence-corrected chi connectivity index (χ3v) is 1.89. The van der Waals surface area contributed by atoms with Crippen LogP contribution in [0.2, 0.25) is 0 Å². The summed E-state index contributed by atoms with van der Waals surface area (Å²) in [4.78, 5) is 10.7. The molecule has 1 aliphatic carbocycles. The van der Waals surface area contributed by atoms with E-state index >= 15 is 0 Å². The van der Waals surface area contributed by atoms with Crippen molar-refractivity contribution < 1.29 is 9.53 Å². The van der Waals surface area contributed by atoms with E-state index in [0.29, 0.717) is 0 Å². The van der Waals surface area contributed by atoms with E-state index in [0.717, 1.165) is 19.3 Å². The molecule has 1 atom stereocenters. The number of esters is 1. The van der Waals surface area contributed by atoms with Crippen LogP contribution in [0.4, 0.5) is 0 Å². The number of ether oxygens (including phenoxy) is 1. The van der Waals surface area contributed by atoms with Crippen LogP contribution < -0.4 is 0 Å². The molecule has 0 spiro atoms. The van der Waals surface area contributed by atoms with Crippen molar-refractivity contribution in [3.63, 3.8) is 0 Å². The number of carbonyl (C=O) groups is 1. The smallest absolute Gasteiger partial charge is 0.303 e. The highest BCUT2D eigenvalue weighted by Crippen LogP contribution is 2.25. The molecule has 1 aliphatic rings. The van der Waals surface area contributed by atoms with Gasteiger partial charge >= 0.3 is 5.97 Å². The Balaban J connectivity index is 2.57. The average molecular weight is 154 g/mol. The minimum Gasteiger partial charge on any atom is -0.455 e. The van der Waals surface area contributed by atoms with E-state index in [-0.39, 0.29) is 11.6 Å². The number of hydrogen-bond donors (Lipinski definition) is 0. The van der Waals surface area contributed by atoms with Crippen LogP contribution in [0.1, 0.15) is 33.1 Å². The van der Waals surface area contributed by atoms with Crippen molar-refractivity contribution >= 4 is 5.97 Å². The molecule has 1 unspecified atom stereocenters. The van der Waals surface area contributed by atoms with Gasteiger partial charge in [0.15, 0.2) is 0 Å². The largest absolute Gasteiger partial charge is 0.455 e. The number of rotatable bonds is 1. The van der Waals surface area contributed by atoms with Gasteiger partial charge in [-0.3, -0.25) is 4.79 Å². The summed E-state index contributed by atoms with van der Waals surface area (Å²) in [7, 11) is 0. The van der Waals surface area contributed by atoms with E-state index in [1.54, 1.807) is 0 Å². The molecule has 0 aliphatic heterocycles. The molecule has 0 saturated heterocycles. The Labute approximate surface area is 67.2 Å². The van der Waals surface area contributed by atoms with Gasteiger partial charge in [-0.15, -0.1) is 0 Å². The summed E-state index contributed by atoms with van der Waals surface area (Å²) in [6, 6.07) is 0. The van der Waals surface area contributed by atoms with Crippen LogP contribution in [0.25, 0.3) is 0 Å². The molecule has 1 rings (SSSR count). The Kier molecular flexibility index (Phi) is 2.32. The first kappa shape index (κ1) is 8.31. The van der Waals surface area contributed by atoms with Gasteiger partial charge < -0.3 is 4.74 Å². The van der Waals surface area contributed by atoms with Crippen molar-refractivity contribution in [1.29, 1.82) is 0 Å². The quantitative estimate of drug-likeness (QED) is 0.427. The second-order valence-corrected chi connectivity index (χ2v) is 3.20. The van der Waals surface area contributed by atoms with E-state index in [9.17, 15) is 4.79 Å². The molecule has 62 valence electrons. The van der Waals surface area contributed by atoms with Gasteiger partial charge in [-0.2, -0.15) is 0 Å². The van der Waals surface area contributed by atoms with Crippen LogP contribution >= 0.6 is 0 Å². The molecule has 0 saturated carbocycles. The van der Waals surface area contributed by atoms with Crippen molar-refractivity contribution in [2.75, 3.05) is 0 Å². The van der Waals surface area contributed by atoms with Crippen LogP contribution in [-0.2, 0) is 9.53 Å². The molecule has 0 aromatic carbocycles. The Bertz CT molecular complexity index is 184. The fourth-order valence-electron chi connectivity index (χ4n) is 1.40. The zero-order valence-corrected chi connectivity index (χ0v) is 7.09. The lowest BCUT2D eigenvalue weighted by Crippen LogP contribution is -2.29. The van der Waals surface area contributed by atoms with Crippen LogP contribution in [0.15, 0.2) is 12.2 Å². The highest BCUT2D eigenvalue weighted by molar-refractivity contribution is 5.66. The van der Waals surface area contributed by atoms with Crippen LogP contribution in [0, 0.1) is 0 Å². The van der Waals surface area contributed by atoms with Crippen molar-refractivity contribution in [2.24, 2.45) is 0 Å². The molecule has 0 heterocycles. The summed E-state index contributed by atoms with van der Waals surface area (Å²) >= 11 is 0. The first-order chi connectivity index (χ1) is 5.12. The summed E-state index contributed by atoms with van der Waals surface area (Å²) < 4.78 is 5.15. The van der Waals surface area contributed by atoms with E-state index in [1.807, 2.05) is 13.0 Å². The normalized spacial score (nSPS) is 30.0. The minimum absolute atomic E-state index is 0.195. The van der Waals surface area contributed by atoms with Gasteiger partial charge in [-0.1, -0.05) is 6.08 Å². The first-order valence-electron chi connectivity index (χ1n) is 4.00. The molecule has 11 heavy (non-hydrogen) atoms. The highest BCUT2D eigenvalue weighted by Gasteiger charge is 2.25. The molecule has 2 nitrogen and oxygen atoms in total. The van der Waals surface area contributed by atoms with Gasteiger partial charge in [0.05, 0.1) is 0 Å². The number of allylic oxidation sites excluding steroid dienone is 1. The molecule has 0 amide bonds. The van der Waals surface area contributed by atoms with Crippen molar-refractivity contribution in [1.82, 2.24) is 0 Å². The summed E-state index contributed by atoms with van der Waals surface area (Å²) in [6.45, 7) is 3.40. The summed E-state index contributed by atoms with van der Waals surface area (Å²) in [6.07, 6.45) is 7.23. The maximum absolute atomic E-state index is 10.7.